The van der Waals surface area contributed by atoms with E-state index in [1.807, 2.05) is 7.05 Å². The lowest BCUT2D eigenvalue weighted by Gasteiger charge is -2.19. The molecule has 0 aromatic carbocycles. The summed E-state index contributed by atoms with van der Waals surface area (Å²) in [4.78, 5) is 13.3. The largest absolute Gasteiger partial charge is 0.467 e. The van der Waals surface area contributed by atoms with Crippen molar-refractivity contribution in [2.75, 3.05) is 7.05 Å². The number of nitrogens with zero attached hydrogens (tertiary/aromatic N) is 1. The Morgan fingerprint density at radius 3 is 2.87 bits per heavy atom. The highest BCUT2D eigenvalue weighted by atomic mass is 16.3. The molecule has 0 radical (unpaired) electrons. The molecule has 0 unspecified atom stereocenters. The van der Waals surface area contributed by atoms with Crippen LogP contribution in [-0.4, -0.2) is 23.9 Å². The third-order valence-corrected chi connectivity index (χ3v) is 2.33. The molecule has 0 saturated heterocycles. The normalized spacial score (nSPS) is 11.1. The molecule has 1 aromatic rings. The van der Waals surface area contributed by atoms with E-state index in [0.29, 0.717) is 18.2 Å². The molecular formula is C10H17N3O2. The molecule has 0 aliphatic rings. The maximum atomic E-state index is 11.1. The lowest BCUT2D eigenvalue weighted by atomic mass is 10.2. The summed E-state index contributed by atoms with van der Waals surface area (Å²) in [7, 11) is 2.00. The molecule has 0 saturated carbocycles. The first-order chi connectivity index (χ1) is 7.04. The highest BCUT2D eigenvalue weighted by Gasteiger charge is 2.11. The highest BCUT2D eigenvalue weighted by molar-refractivity contribution is 5.93. The van der Waals surface area contributed by atoms with E-state index >= 15 is 0 Å². The third kappa shape index (κ3) is 3.07. The minimum atomic E-state index is -0.336. The van der Waals surface area contributed by atoms with E-state index in [2.05, 4.69) is 24.2 Å². The van der Waals surface area contributed by atoms with Gasteiger partial charge in [-0.3, -0.25) is 15.1 Å². The van der Waals surface area contributed by atoms with E-state index in [9.17, 15) is 4.79 Å². The summed E-state index contributed by atoms with van der Waals surface area (Å²) in [6.45, 7) is 4.86. The first kappa shape index (κ1) is 11.7. The summed E-state index contributed by atoms with van der Waals surface area (Å²) >= 11 is 0. The van der Waals surface area contributed by atoms with Gasteiger partial charge in [-0.05, 0) is 27.0 Å². The Hall–Kier alpha value is -1.33. The van der Waals surface area contributed by atoms with Gasteiger partial charge in [0.25, 0.3) is 5.91 Å². The number of furan rings is 1. The molecule has 1 aromatic heterocycles. The summed E-state index contributed by atoms with van der Waals surface area (Å²) in [6.07, 6.45) is 1.41. The number of carbonyl (C=O) groups is 1. The van der Waals surface area contributed by atoms with Crippen molar-refractivity contribution in [3.05, 3.63) is 23.7 Å². The van der Waals surface area contributed by atoms with Crippen LogP contribution in [0.4, 0.5) is 0 Å². The number of nitrogens with one attached hydrogen (secondary N) is 1. The first-order valence-corrected chi connectivity index (χ1v) is 4.83. The van der Waals surface area contributed by atoms with Crippen molar-refractivity contribution in [2.24, 2.45) is 5.84 Å². The molecule has 1 amide bonds. The van der Waals surface area contributed by atoms with Crippen molar-refractivity contribution < 1.29 is 9.21 Å². The Bertz CT molecular complexity index is 333. The second-order valence-corrected chi connectivity index (χ2v) is 3.78. The first-order valence-electron chi connectivity index (χ1n) is 4.83. The van der Waals surface area contributed by atoms with Crippen LogP contribution in [0.25, 0.3) is 0 Å². The summed E-state index contributed by atoms with van der Waals surface area (Å²) in [6, 6.07) is 2.13. The van der Waals surface area contributed by atoms with E-state index in [0.717, 1.165) is 5.76 Å². The summed E-state index contributed by atoms with van der Waals surface area (Å²) in [5, 5.41) is 0. The number of nitrogen functional groups attached to an aromatic ring is 1. The van der Waals surface area contributed by atoms with Gasteiger partial charge >= 0.3 is 0 Å². The van der Waals surface area contributed by atoms with Gasteiger partial charge in [0.2, 0.25) is 0 Å². The van der Waals surface area contributed by atoms with Gasteiger partial charge < -0.3 is 4.42 Å². The molecule has 0 bridgehead atoms. The van der Waals surface area contributed by atoms with E-state index < -0.39 is 0 Å². The number of amides is 1. The molecule has 0 atom stereocenters. The fraction of sp³-hybridized carbons (Fsp3) is 0.500. The second kappa shape index (κ2) is 4.95. The van der Waals surface area contributed by atoms with E-state index in [-0.39, 0.29) is 5.91 Å². The quantitative estimate of drug-likeness (QED) is 0.437. The monoisotopic (exact) mass is 211 g/mol. The number of carbonyl (C=O) groups excluding carboxylic acids is 1. The Kier molecular flexibility index (Phi) is 3.88. The average Bonchev–Trinajstić information content (AvgIpc) is 2.65. The van der Waals surface area contributed by atoms with Crippen LogP contribution in [0.5, 0.6) is 0 Å². The van der Waals surface area contributed by atoms with E-state index in [4.69, 9.17) is 10.3 Å². The Morgan fingerprint density at radius 2 is 2.33 bits per heavy atom. The Labute approximate surface area is 89.2 Å². The van der Waals surface area contributed by atoms with Crippen LogP contribution in [0.3, 0.4) is 0 Å². The van der Waals surface area contributed by atoms with E-state index in [1.54, 1.807) is 6.07 Å². The van der Waals surface area contributed by atoms with Crippen LogP contribution in [0.2, 0.25) is 0 Å². The van der Waals surface area contributed by atoms with Crippen molar-refractivity contribution >= 4 is 5.91 Å². The third-order valence-electron chi connectivity index (χ3n) is 2.33. The lowest BCUT2D eigenvalue weighted by Crippen LogP contribution is -2.29. The minimum Gasteiger partial charge on any atom is -0.467 e. The molecule has 3 N–H and O–H groups in total. The zero-order valence-corrected chi connectivity index (χ0v) is 9.28. The highest BCUT2D eigenvalue weighted by Crippen LogP contribution is 2.10. The topological polar surface area (TPSA) is 71.5 Å². The Morgan fingerprint density at radius 1 is 1.67 bits per heavy atom. The van der Waals surface area contributed by atoms with Gasteiger partial charge in [-0.2, -0.15) is 0 Å². The van der Waals surface area contributed by atoms with Crippen molar-refractivity contribution in [3.8, 4) is 0 Å². The fourth-order valence-electron chi connectivity index (χ4n) is 1.09. The standard InChI is InChI=1S/C10H17N3O2/c1-7(2)13(3)5-9-4-8(6-15-9)10(14)12-11/h4,6-7H,5,11H2,1-3H3,(H,12,14). The molecule has 0 aliphatic heterocycles. The zero-order valence-electron chi connectivity index (χ0n) is 9.28. The molecule has 0 fully saturated rings. The number of hydrogen-bond acceptors (Lipinski definition) is 4. The summed E-state index contributed by atoms with van der Waals surface area (Å²) in [5.41, 5.74) is 2.51. The maximum Gasteiger partial charge on any atom is 0.268 e. The van der Waals surface area contributed by atoms with Crippen molar-refractivity contribution in [3.63, 3.8) is 0 Å². The number of rotatable bonds is 4. The predicted molar refractivity (Wildman–Crippen MR) is 57.0 cm³/mol. The van der Waals surface area contributed by atoms with Crippen LogP contribution in [0.15, 0.2) is 16.7 Å². The second-order valence-electron chi connectivity index (χ2n) is 3.78. The predicted octanol–water partition coefficient (Wildman–Crippen LogP) is 0.723. The smallest absolute Gasteiger partial charge is 0.268 e. The van der Waals surface area contributed by atoms with Gasteiger partial charge in [0.15, 0.2) is 0 Å². The molecule has 0 aliphatic carbocycles. The lowest BCUT2D eigenvalue weighted by molar-refractivity contribution is 0.0953. The van der Waals surface area contributed by atoms with Gasteiger partial charge in [0.1, 0.15) is 12.0 Å². The van der Waals surface area contributed by atoms with Gasteiger partial charge in [-0.15, -0.1) is 0 Å². The van der Waals surface area contributed by atoms with Crippen molar-refractivity contribution in [1.29, 1.82) is 0 Å². The molecular weight excluding hydrogens is 194 g/mol. The molecule has 1 rings (SSSR count). The van der Waals surface area contributed by atoms with Crippen LogP contribution in [-0.2, 0) is 6.54 Å². The van der Waals surface area contributed by atoms with Crippen LogP contribution in [0.1, 0.15) is 30.0 Å². The SMILES string of the molecule is CC(C)N(C)Cc1cc(C(=O)NN)co1. The van der Waals surface area contributed by atoms with Gasteiger partial charge in [0.05, 0.1) is 12.1 Å². The van der Waals surface area contributed by atoms with E-state index in [1.165, 1.54) is 6.26 Å². The Balaban J connectivity index is 2.64. The molecule has 5 nitrogen and oxygen atoms in total. The minimum absolute atomic E-state index is 0.336. The van der Waals surface area contributed by atoms with Gasteiger partial charge in [-0.25, -0.2) is 5.84 Å². The molecule has 1 heterocycles. The maximum absolute atomic E-state index is 11.1. The fourth-order valence-corrected chi connectivity index (χ4v) is 1.09. The summed E-state index contributed by atoms with van der Waals surface area (Å²) < 4.78 is 5.25. The number of hydrazine groups is 1. The molecule has 15 heavy (non-hydrogen) atoms. The molecule has 0 spiro atoms. The molecule has 84 valence electrons. The summed E-state index contributed by atoms with van der Waals surface area (Å²) in [5.74, 6) is 5.43. The van der Waals surface area contributed by atoms with Crippen LogP contribution >= 0.6 is 0 Å². The van der Waals surface area contributed by atoms with Gasteiger partial charge in [-0.1, -0.05) is 0 Å². The van der Waals surface area contributed by atoms with Crippen molar-refractivity contribution in [2.45, 2.75) is 26.4 Å². The average molecular weight is 211 g/mol. The molecule has 5 heteroatoms. The number of hydrogen-bond donors (Lipinski definition) is 2. The zero-order chi connectivity index (χ0) is 11.4. The van der Waals surface area contributed by atoms with Crippen LogP contribution in [0, 0.1) is 0 Å². The van der Waals surface area contributed by atoms with Crippen molar-refractivity contribution in [1.82, 2.24) is 10.3 Å². The van der Waals surface area contributed by atoms with Gasteiger partial charge in [0, 0.05) is 6.04 Å². The number of nitrogens with two attached hydrogens (primary N) is 1. The van der Waals surface area contributed by atoms with Crippen LogP contribution < -0.4 is 11.3 Å².